The summed E-state index contributed by atoms with van der Waals surface area (Å²) in [7, 11) is 5.60. The molecule has 0 radical (unpaired) electrons. The zero-order valence-electron chi connectivity index (χ0n) is 12.4. The minimum Gasteiger partial charge on any atom is -0.385 e. The molecule has 1 heterocycles. The number of aromatic nitrogens is 1. The van der Waals surface area contributed by atoms with E-state index in [1.165, 1.54) is 0 Å². The van der Waals surface area contributed by atoms with Crippen LogP contribution in [0.4, 0.5) is 0 Å². The minimum atomic E-state index is 0.390. The Bertz CT molecular complexity index is 440. The number of rotatable bonds is 6. The average molecular weight is 281 g/mol. The van der Waals surface area contributed by atoms with Crippen molar-refractivity contribution in [2.24, 2.45) is 4.99 Å². The third-order valence-electron chi connectivity index (χ3n) is 3.00. The molecule has 0 bridgehead atoms. The molecular weight excluding hydrogens is 258 g/mol. The van der Waals surface area contributed by atoms with Gasteiger partial charge in [-0.15, -0.1) is 11.3 Å². The lowest BCUT2D eigenvalue weighted by Gasteiger charge is -2.26. The first-order chi connectivity index (χ1) is 9.08. The van der Waals surface area contributed by atoms with Crippen molar-refractivity contribution in [3.05, 3.63) is 22.2 Å². The molecule has 0 aliphatic carbocycles. The highest BCUT2D eigenvalue weighted by Crippen LogP contribution is 2.11. The molecule has 0 spiro atoms. The van der Waals surface area contributed by atoms with E-state index < -0.39 is 0 Å². The summed E-state index contributed by atoms with van der Waals surface area (Å²) in [6, 6.07) is 0.390. The molecule has 0 aliphatic rings. The number of ether oxygens (including phenoxy) is 1. The highest BCUT2D eigenvalue weighted by Gasteiger charge is 2.11. The van der Waals surface area contributed by atoms with Gasteiger partial charge < -0.3 is 9.64 Å². The maximum atomic E-state index is 5.12. The van der Waals surface area contributed by atoms with E-state index in [9.17, 15) is 0 Å². The summed E-state index contributed by atoms with van der Waals surface area (Å²) in [5.74, 6) is 0.955. The number of thiazole rings is 1. The van der Waals surface area contributed by atoms with Gasteiger partial charge in [-0.05, 0) is 32.4 Å². The van der Waals surface area contributed by atoms with Gasteiger partial charge in [0, 0.05) is 44.9 Å². The first kappa shape index (κ1) is 15.9. The molecule has 19 heavy (non-hydrogen) atoms. The molecule has 0 saturated carbocycles. The summed E-state index contributed by atoms with van der Waals surface area (Å²) < 4.78 is 5.12. The molecular formula is C14H23N3OS. The molecule has 0 N–H and O–H groups in total. The number of hydrogen-bond donors (Lipinski definition) is 0. The molecule has 1 aromatic heterocycles. The van der Waals surface area contributed by atoms with Crippen molar-refractivity contribution in [3.63, 3.8) is 0 Å². The second-order valence-corrected chi connectivity index (χ2v) is 5.37. The fraction of sp³-hybridized carbons (Fsp3) is 0.571. The van der Waals surface area contributed by atoms with Gasteiger partial charge in [-0.25, -0.2) is 4.98 Å². The van der Waals surface area contributed by atoms with Crippen molar-refractivity contribution in [2.75, 3.05) is 27.8 Å². The molecule has 0 aliphatic heterocycles. The zero-order valence-corrected chi connectivity index (χ0v) is 13.2. The predicted molar refractivity (Wildman–Crippen MR) is 83.0 cm³/mol. The highest BCUT2D eigenvalue weighted by molar-refractivity contribution is 7.10. The topological polar surface area (TPSA) is 37.7 Å². The average Bonchev–Trinajstić information content (AvgIpc) is 2.82. The van der Waals surface area contributed by atoms with Gasteiger partial charge in [-0.3, -0.25) is 4.99 Å². The summed E-state index contributed by atoms with van der Waals surface area (Å²) in [6.07, 6.45) is 5.01. The third-order valence-corrected chi connectivity index (χ3v) is 3.93. The Balaban J connectivity index is 2.65. The maximum Gasteiger partial charge on any atom is 0.123 e. The van der Waals surface area contributed by atoms with E-state index in [0.29, 0.717) is 6.04 Å². The monoisotopic (exact) mass is 281 g/mol. The Hall–Kier alpha value is -1.20. The van der Waals surface area contributed by atoms with Gasteiger partial charge in [0.1, 0.15) is 10.8 Å². The lowest BCUT2D eigenvalue weighted by molar-refractivity contribution is 0.173. The quantitative estimate of drug-likeness (QED) is 0.594. The van der Waals surface area contributed by atoms with Crippen LogP contribution < -0.4 is 0 Å². The number of nitrogens with zero attached hydrogens (tertiary/aromatic N) is 3. The highest BCUT2D eigenvalue weighted by atomic mass is 32.1. The number of aliphatic imine (C=N–C) groups is 1. The molecule has 1 aromatic rings. The Morgan fingerprint density at radius 3 is 2.89 bits per heavy atom. The van der Waals surface area contributed by atoms with Gasteiger partial charge in [0.15, 0.2) is 0 Å². The molecule has 5 heteroatoms. The van der Waals surface area contributed by atoms with E-state index >= 15 is 0 Å². The van der Waals surface area contributed by atoms with Crippen molar-refractivity contribution in [2.45, 2.75) is 26.3 Å². The SMILES string of the molecule is C/N=C(\C=C\c1nc(C)cs1)N(C)C(C)CCOC. The summed E-state index contributed by atoms with van der Waals surface area (Å²) in [6.45, 7) is 4.94. The molecule has 1 atom stereocenters. The van der Waals surface area contributed by atoms with Crippen LogP contribution >= 0.6 is 11.3 Å². The van der Waals surface area contributed by atoms with E-state index in [1.54, 1.807) is 18.4 Å². The second kappa shape index (κ2) is 8.07. The summed E-state index contributed by atoms with van der Waals surface area (Å²) in [4.78, 5) is 10.9. The number of aryl methyl sites for hydroxylation is 1. The van der Waals surface area contributed by atoms with Crippen molar-refractivity contribution in [1.82, 2.24) is 9.88 Å². The Labute approximate surface area is 119 Å². The smallest absolute Gasteiger partial charge is 0.123 e. The normalized spacial score (nSPS) is 14.1. The van der Waals surface area contributed by atoms with Crippen molar-refractivity contribution >= 4 is 23.2 Å². The number of amidine groups is 1. The molecule has 106 valence electrons. The minimum absolute atomic E-state index is 0.390. The van der Waals surface area contributed by atoms with Gasteiger partial charge in [0.05, 0.1) is 0 Å². The molecule has 1 unspecified atom stereocenters. The van der Waals surface area contributed by atoms with Crippen LogP contribution in [0.25, 0.3) is 6.08 Å². The number of hydrogen-bond acceptors (Lipinski definition) is 4. The van der Waals surface area contributed by atoms with Gasteiger partial charge in [0.25, 0.3) is 0 Å². The Morgan fingerprint density at radius 2 is 2.37 bits per heavy atom. The van der Waals surface area contributed by atoms with Crippen LogP contribution in [0, 0.1) is 6.92 Å². The first-order valence-corrected chi connectivity index (χ1v) is 7.25. The zero-order chi connectivity index (χ0) is 14.3. The molecule has 0 saturated heterocycles. The Morgan fingerprint density at radius 1 is 1.63 bits per heavy atom. The first-order valence-electron chi connectivity index (χ1n) is 6.37. The van der Waals surface area contributed by atoms with Crippen molar-refractivity contribution in [3.8, 4) is 0 Å². The van der Waals surface area contributed by atoms with Crippen LogP contribution in [0.15, 0.2) is 16.4 Å². The fourth-order valence-corrected chi connectivity index (χ4v) is 2.34. The van der Waals surface area contributed by atoms with E-state index in [0.717, 1.165) is 29.6 Å². The van der Waals surface area contributed by atoms with Gasteiger partial charge >= 0.3 is 0 Å². The van der Waals surface area contributed by atoms with Crippen LogP contribution in [0.2, 0.25) is 0 Å². The summed E-state index contributed by atoms with van der Waals surface area (Å²) >= 11 is 1.64. The predicted octanol–water partition coefficient (Wildman–Crippen LogP) is 2.85. The third kappa shape index (κ3) is 5.12. The van der Waals surface area contributed by atoms with Gasteiger partial charge in [-0.2, -0.15) is 0 Å². The maximum absolute atomic E-state index is 5.12. The Kier molecular flexibility index (Phi) is 6.73. The van der Waals surface area contributed by atoms with E-state index in [2.05, 4.69) is 28.8 Å². The summed E-state index contributed by atoms with van der Waals surface area (Å²) in [5, 5.41) is 3.06. The van der Waals surface area contributed by atoms with E-state index in [4.69, 9.17) is 4.74 Å². The molecule has 0 amide bonds. The largest absolute Gasteiger partial charge is 0.385 e. The fourth-order valence-electron chi connectivity index (χ4n) is 1.65. The van der Waals surface area contributed by atoms with Crippen LogP contribution in [-0.4, -0.2) is 49.6 Å². The summed E-state index contributed by atoms with van der Waals surface area (Å²) in [5.41, 5.74) is 1.06. The van der Waals surface area contributed by atoms with Crippen LogP contribution in [-0.2, 0) is 4.74 Å². The number of methoxy groups -OCH3 is 1. The lowest BCUT2D eigenvalue weighted by atomic mass is 10.2. The van der Waals surface area contributed by atoms with E-state index in [1.807, 2.05) is 31.5 Å². The van der Waals surface area contributed by atoms with Crippen molar-refractivity contribution in [1.29, 1.82) is 0 Å². The van der Waals surface area contributed by atoms with Crippen LogP contribution in [0.1, 0.15) is 24.0 Å². The van der Waals surface area contributed by atoms with Gasteiger partial charge in [-0.1, -0.05) is 0 Å². The molecule has 1 rings (SSSR count). The molecule has 0 aromatic carbocycles. The van der Waals surface area contributed by atoms with Crippen LogP contribution in [0.5, 0.6) is 0 Å². The second-order valence-electron chi connectivity index (χ2n) is 4.48. The van der Waals surface area contributed by atoms with Crippen LogP contribution in [0.3, 0.4) is 0 Å². The lowest BCUT2D eigenvalue weighted by Crippen LogP contribution is -2.34. The number of likely N-dealkylation sites (N-methyl/N-ethyl adjacent to an activating group) is 1. The molecule has 0 fully saturated rings. The molecule has 4 nitrogen and oxygen atoms in total. The standard InChI is InChI=1S/C14H23N3OS/c1-11-10-19-14(16-11)7-6-13(15-3)17(4)12(2)8-9-18-5/h6-7,10,12H,8-9H2,1-5H3/b7-6+,15-13+. The van der Waals surface area contributed by atoms with E-state index in [-0.39, 0.29) is 0 Å². The van der Waals surface area contributed by atoms with Gasteiger partial charge in [0.2, 0.25) is 0 Å². The van der Waals surface area contributed by atoms with Crippen molar-refractivity contribution < 1.29 is 4.74 Å².